The molecule has 2 N–H and O–H groups in total. The molecule has 2 saturated heterocycles. The third-order valence-electron chi connectivity index (χ3n) is 4.13. The zero-order valence-corrected chi connectivity index (χ0v) is 11.9. The van der Waals surface area contributed by atoms with Crippen LogP contribution in [0, 0.1) is 0 Å². The van der Waals surface area contributed by atoms with E-state index < -0.39 is 17.5 Å². The summed E-state index contributed by atoms with van der Waals surface area (Å²) in [5.41, 5.74) is 0.0375. The molecule has 0 aromatic heterocycles. The molecule has 2 aliphatic rings. The number of carbonyl (C=O) groups is 3. The predicted octanol–water partition coefficient (Wildman–Crippen LogP) is 0.986. The number of hydrogen-bond donors (Lipinski definition) is 2. The molecule has 7 nitrogen and oxygen atoms in total. The van der Waals surface area contributed by atoms with E-state index in [1.165, 1.54) is 17.0 Å². The number of nitrogens with zero attached hydrogens (tertiary/aromatic N) is 1. The van der Waals surface area contributed by atoms with E-state index >= 15 is 0 Å². The molecule has 0 bridgehead atoms. The number of carbonyl (C=O) groups excluding carboxylic acids is 2. The first-order valence-electron chi connectivity index (χ1n) is 7.06. The standard InChI is InChI=1S/C15H16N2O5/c18-12(19)11-3-1-10(2-4-11)9-17-13(20)15(16-14(17)21)5-7-22-8-6-15/h1-4H,5-9H2,(H,16,21)(H,18,19). The van der Waals surface area contributed by atoms with Crippen LogP contribution in [-0.2, 0) is 16.1 Å². The van der Waals surface area contributed by atoms with Crippen molar-refractivity contribution >= 4 is 17.9 Å². The van der Waals surface area contributed by atoms with Gasteiger partial charge in [-0.25, -0.2) is 9.59 Å². The van der Waals surface area contributed by atoms with Crippen LogP contribution in [0.1, 0.15) is 28.8 Å². The Morgan fingerprint density at radius 3 is 2.45 bits per heavy atom. The maximum Gasteiger partial charge on any atom is 0.335 e. The minimum absolute atomic E-state index is 0.132. The first-order valence-corrected chi connectivity index (χ1v) is 7.06. The van der Waals surface area contributed by atoms with Crippen molar-refractivity contribution < 1.29 is 24.2 Å². The minimum atomic E-state index is -1.01. The highest BCUT2D eigenvalue weighted by molar-refractivity contribution is 6.07. The highest BCUT2D eigenvalue weighted by atomic mass is 16.5. The molecule has 2 fully saturated rings. The van der Waals surface area contributed by atoms with Gasteiger partial charge in [-0.3, -0.25) is 9.69 Å². The minimum Gasteiger partial charge on any atom is -0.478 e. The van der Waals surface area contributed by atoms with Crippen molar-refractivity contribution in [3.8, 4) is 0 Å². The van der Waals surface area contributed by atoms with Gasteiger partial charge in [-0.2, -0.15) is 0 Å². The second-order valence-corrected chi connectivity index (χ2v) is 5.52. The van der Waals surface area contributed by atoms with E-state index in [9.17, 15) is 14.4 Å². The molecule has 2 aliphatic heterocycles. The summed E-state index contributed by atoms with van der Waals surface area (Å²) in [6.07, 6.45) is 0.956. The molecule has 0 unspecified atom stereocenters. The molecule has 0 saturated carbocycles. The van der Waals surface area contributed by atoms with Gasteiger partial charge in [0, 0.05) is 26.1 Å². The van der Waals surface area contributed by atoms with Crippen molar-refractivity contribution in [2.75, 3.05) is 13.2 Å². The lowest BCUT2D eigenvalue weighted by Gasteiger charge is -2.30. The summed E-state index contributed by atoms with van der Waals surface area (Å²) in [6.45, 7) is 1.04. The molecule has 3 amide bonds. The number of benzene rings is 1. The quantitative estimate of drug-likeness (QED) is 0.812. The van der Waals surface area contributed by atoms with Crippen LogP contribution in [0.15, 0.2) is 24.3 Å². The largest absolute Gasteiger partial charge is 0.478 e. The molecule has 1 aromatic rings. The second kappa shape index (κ2) is 5.42. The number of imide groups is 1. The Morgan fingerprint density at radius 2 is 1.86 bits per heavy atom. The van der Waals surface area contributed by atoms with Gasteiger partial charge in [-0.1, -0.05) is 12.1 Å². The maximum absolute atomic E-state index is 12.6. The van der Waals surface area contributed by atoms with Crippen LogP contribution in [0.25, 0.3) is 0 Å². The zero-order chi connectivity index (χ0) is 15.7. The van der Waals surface area contributed by atoms with Gasteiger partial charge < -0.3 is 15.2 Å². The Balaban J connectivity index is 1.76. The second-order valence-electron chi connectivity index (χ2n) is 5.52. The lowest BCUT2D eigenvalue weighted by atomic mass is 9.90. The molecule has 0 atom stereocenters. The molecule has 2 heterocycles. The Kier molecular flexibility index (Phi) is 3.58. The summed E-state index contributed by atoms with van der Waals surface area (Å²) >= 11 is 0. The number of carboxylic acids is 1. The normalized spacial score (nSPS) is 20.3. The van der Waals surface area contributed by atoms with E-state index in [-0.39, 0.29) is 18.0 Å². The highest BCUT2D eigenvalue weighted by Gasteiger charge is 2.51. The van der Waals surface area contributed by atoms with E-state index in [1.807, 2.05) is 0 Å². The van der Waals surface area contributed by atoms with E-state index in [0.29, 0.717) is 31.6 Å². The number of nitrogens with one attached hydrogen (secondary N) is 1. The van der Waals surface area contributed by atoms with Crippen LogP contribution < -0.4 is 5.32 Å². The number of carboxylic acid groups (broad SMARTS) is 1. The number of hydrogen-bond acceptors (Lipinski definition) is 4. The number of amides is 3. The topological polar surface area (TPSA) is 95.9 Å². The van der Waals surface area contributed by atoms with Crippen molar-refractivity contribution in [2.24, 2.45) is 0 Å². The van der Waals surface area contributed by atoms with Crippen molar-refractivity contribution in [3.63, 3.8) is 0 Å². The van der Waals surface area contributed by atoms with Crippen molar-refractivity contribution in [3.05, 3.63) is 35.4 Å². The van der Waals surface area contributed by atoms with Gasteiger partial charge in [0.15, 0.2) is 0 Å². The lowest BCUT2D eigenvalue weighted by Crippen LogP contribution is -2.51. The van der Waals surface area contributed by atoms with Crippen molar-refractivity contribution in [1.29, 1.82) is 0 Å². The van der Waals surface area contributed by atoms with Crippen LogP contribution in [0.2, 0.25) is 0 Å². The monoisotopic (exact) mass is 304 g/mol. The molecular weight excluding hydrogens is 288 g/mol. The highest BCUT2D eigenvalue weighted by Crippen LogP contribution is 2.29. The van der Waals surface area contributed by atoms with Crippen molar-refractivity contribution in [1.82, 2.24) is 10.2 Å². The third kappa shape index (κ3) is 2.43. The van der Waals surface area contributed by atoms with Crippen LogP contribution in [-0.4, -0.2) is 46.7 Å². The molecular formula is C15H16N2O5. The van der Waals surface area contributed by atoms with Crippen LogP contribution >= 0.6 is 0 Å². The van der Waals surface area contributed by atoms with E-state index in [0.717, 1.165) is 0 Å². The molecule has 0 radical (unpaired) electrons. The van der Waals surface area contributed by atoms with Gasteiger partial charge >= 0.3 is 12.0 Å². The molecule has 1 aromatic carbocycles. The fraction of sp³-hybridized carbons (Fsp3) is 0.400. The number of rotatable bonds is 3. The Hall–Kier alpha value is -2.41. The van der Waals surface area contributed by atoms with E-state index in [1.54, 1.807) is 12.1 Å². The summed E-state index contributed by atoms with van der Waals surface area (Å²) in [5, 5.41) is 11.7. The average molecular weight is 304 g/mol. The Labute approximate surface area is 126 Å². The number of urea groups is 1. The average Bonchev–Trinajstić information content (AvgIpc) is 2.73. The zero-order valence-electron chi connectivity index (χ0n) is 11.9. The van der Waals surface area contributed by atoms with Gasteiger partial charge in [0.1, 0.15) is 5.54 Å². The summed E-state index contributed by atoms with van der Waals surface area (Å²) in [7, 11) is 0. The number of ether oxygens (including phenoxy) is 1. The molecule has 22 heavy (non-hydrogen) atoms. The first-order chi connectivity index (χ1) is 10.5. The molecule has 1 spiro atoms. The first kappa shape index (κ1) is 14.5. The summed E-state index contributed by atoms with van der Waals surface area (Å²) in [6, 6.07) is 5.73. The van der Waals surface area contributed by atoms with Crippen LogP contribution in [0.5, 0.6) is 0 Å². The molecule has 3 rings (SSSR count). The molecule has 0 aliphatic carbocycles. The van der Waals surface area contributed by atoms with Gasteiger partial charge in [0.05, 0.1) is 12.1 Å². The molecule has 116 valence electrons. The summed E-state index contributed by atoms with van der Waals surface area (Å²) in [4.78, 5) is 36.7. The van der Waals surface area contributed by atoms with Crippen LogP contribution in [0.4, 0.5) is 4.79 Å². The van der Waals surface area contributed by atoms with Crippen molar-refractivity contribution in [2.45, 2.75) is 24.9 Å². The Bertz CT molecular complexity index is 619. The third-order valence-corrected chi connectivity index (χ3v) is 4.13. The number of aromatic carboxylic acids is 1. The SMILES string of the molecule is O=C(O)c1ccc(CN2C(=O)NC3(CCOCC3)C2=O)cc1. The lowest BCUT2D eigenvalue weighted by molar-refractivity contribution is -0.134. The van der Waals surface area contributed by atoms with Gasteiger partial charge in [-0.05, 0) is 17.7 Å². The summed E-state index contributed by atoms with van der Waals surface area (Å²) in [5.74, 6) is -1.24. The smallest absolute Gasteiger partial charge is 0.335 e. The Morgan fingerprint density at radius 1 is 1.23 bits per heavy atom. The maximum atomic E-state index is 12.6. The van der Waals surface area contributed by atoms with Gasteiger partial charge in [0.25, 0.3) is 5.91 Å². The fourth-order valence-corrected chi connectivity index (χ4v) is 2.81. The fourth-order valence-electron chi connectivity index (χ4n) is 2.81. The predicted molar refractivity (Wildman–Crippen MR) is 75.3 cm³/mol. The summed E-state index contributed by atoms with van der Waals surface area (Å²) < 4.78 is 5.25. The molecule has 7 heteroatoms. The van der Waals surface area contributed by atoms with Gasteiger partial charge in [0.2, 0.25) is 0 Å². The van der Waals surface area contributed by atoms with E-state index in [2.05, 4.69) is 5.32 Å². The van der Waals surface area contributed by atoms with Gasteiger partial charge in [-0.15, -0.1) is 0 Å². The van der Waals surface area contributed by atoms with Crippen LogP contribution in [0.3, 0.4) is 0 Å². The van der Waals surface area contributed by atoms with E-state index in [4.69, 9.17) is 9.84 Å².